The Morgan fingerprint density at radius 3 is 2.47 bits per heavy atom. The molecule has 1 rings (SSSR count). The van der Waals surface area contributed by atoms with E-state index in [1.807, 2.05) is 0 Å². The zero-order valence-corrected chi connectivity index (χ0v) is 7.36. The topological polar surface area (TPSA) is 69.2 Å². The van der Waals surface area contributed by atoms with E-state index in [4.69, 9.17) is 5.73 Å². The minimum atomic E-state index is -3.06. The molecule has 82 valence electrons. The summed E-state index contributed by atoms with van der Waals surface area (Å²) in [5.41, 5.74) is 3.48. The van der Waals surface area contributed by atoms with Gasteiger partial charge in [-0.3, -0.25) is 10.1 Å². The fourth-order valence-corrected chi connectivity index (χ4v) is 1.14. The van der Waals surface area contributed by atoms with Crippen LogP contribution in [0.2, 0.25) is 0 Å². The van der Waals surface area contributed by atoms with Crippen molar-refractivity contribution >= 4 is 5.69 Å². The molecule has 0 aliphatic heterocycles. The second-order valence-corrected chi connectivity index (χ2v) is 2.79. The summed E-state index contributed by atoms with van der Waals surface area (Å²) < 4.78 is 37.5. The van der Waals surface area contributed by atoms with Gasteiger partial charge in [-0.2, -0.15) is 0 Å². The first-order valence-corrected chi connectivity index (χ1v) is 3.91. The van der Waals surface area contributed by atoms with Crippen molar-refractivity contribution in [2.24, 2.45) is 5.73 Å². The highest BCUT2D eigenvalue weighted by Crippen LogP contribution is 2.29. The lowest BCUT2D eigenvalue weighted by Gasteiger charge is -2.11. The quantitative estimate of drug-likeness (QED) is 0.625. The van der Waals surface area contributed by atoms with Crippen molar-refractivity contribution < 1.29 is 18.1 Å². The van der Waals surface area contributed by atoms with E-state index in [0.29, 0.717) is 0 Å². The molecule has 0 bridgehead atoms. The van der Waals surface area contributed by atoms with Gasteiger partial charge in [0.05, 0.1) is 10.5 Å². The van der Waals surface area contributed by atoms with E-state index >= 15 is 0 Å². The van der Waals surface area contributed by atoms with E-state index in [0.717, 1.165) is 18.2 Å². The average Bonchev–Trinajstić information content (AvgIpc) is 2.16. The van der Waals surface area contributed by atoms with E-state index in [2.05, 4.69) is 0 Å². The summed E-state index contributed by atoms with van der Waals surface area (Å²) in [6, 6.07) is 0.854. The summed E-state index contributed by atoms with van der Waals surface area (Å²) in [7, 11) is 0. The molecule has 0 heterocycles. The van der Waals surface area contributed by atoms with Gasteiger partial charge in [0, 0.05) is 6.07 Å². The summed E-state index contributed by atoms with van der Waals surface area (Å²) in [5, 5.41) is 10.4. The number of halogens is 3. The molecule has 1 aromatic carbocycles. The molecule has 0 aromatic heterocycles. The van der Waals surface area contributed by atoms with Crippen molar-refractivity contribution in [2.45, 2.75) is 12.5 Å². The zero-order chi connectivity index (χ0) is 11.6. The molecule has 0 radical (unpaired) electrons. The third kappa shape index (κ3) is 2.24. The largest absolute Gasteiger partial charge is 0.319 e. The van der Waals surface area contributed by atoms with E-state index in [1.165, 1.54) is 0 Å². The molecule has 0 fully saturated rings. The van der Waals surface area contributed by atoms with Crippen LogP contribution in [0.1, 0.15) is 11.6 Å². The van der Waals surface area contributed by atoms with Crippen LogP contribution < -0.4 is 5.73 Å². The lowest BCUT2D eigenvalue weighted by atomic mass is 10.1. The standard InChI is InChI=1S/C8H7F3N2O2/c9-4-2-1-3-5(13(14)15)6(4)7(12)8(10)11/h1-3,7-8H,12H2. The van der Waals surface area contributed by atoms with Gasteiger partial charge >= 0.3 is 0 Å². The Morgan fingerprint density at radius 1 is 1.40 bits per heavy atom. The summed E-state index contributed by atoms with van der Waals surface area (Å²) in [6.07, 6.45) is -3.06. The predicted molar refractivity (Wildman–Crippen MR) is 46.0 cm³/mol. The SMILES string of the molecule is NC(c1c(F)cccc1[N+](=O)[O-])C(F)F. The van der Waals surface area contributed by atoms with Crippen molar-refractivity contribution in [3.05, 3.63) is 39.7 Å². The molecule has 0 amide bonds. The summed E-state index contributed by atoms with van der Waals surface area (Å²) >= 11 is 0. The second-order valence-electron chi connectivity index (χ2n) is 2.79. The molecule has 15 heavy (non-hydrogen) atoms. The maximum atomic E-state index is 13.1. The number of rotatable bonds is 3. The highest BCUT2D eigenvalue weighted by Gasteiger charge is 2.29. The van der Waals surface area contributed by atoms with Crippen molar-refractivity contribution in [3.63, 3.8) is 0 Å². The molecule has 0 spiro atoms. The highest BCUT2D eigenvalue weighted by molar-refractivity contribution is 5.43. The van der Waals surface area contributed by atoms with Gasteiger partial charge < -0.3 is 5.73 Å². The maximum Gasteiger partial charge on any atom is 0.277 e. The van der Waals surface area contributed by atoms with Crippen molar-refractivity contribution in [1.82, 2.24) is 0 Å². The summed E-state index contributed by atoms with van der Waals surface area (Å²) in [6.45, 7) is 0. The molecule has 7 heteroatoms. The molecule has 1 aromatic rings. The number of hydrogen-bond donors (Lipinski definition) is 1. The van der Waals surface area contributed by atoms with Crippen LogP contribution in [-0.2, 0) is 0 Å². The van der Waals surface area contributed by atoms with Crippen molar-refractivity contribution in [1.29, 1.82) is 0 Å². The number of hydrogen-bond acceptors (Lipinski definition) is 3. The lowest BCUT2D eigenvalue weighted by Crippen LogP contribution is -2.21. The van der Waals surface area contributed by atoms with Crippen LogP contribution in [0.5, 0.6) is 0 Å². The average molecular weight is 220 g/mol. The van der Waals surface area contributed by atoms with Gasteiger partial charge in [0.2, 0.25) is 0 Å². The van der Waals surface area contributed by atoms with Crippen LogP contribution in [0.15, 0.2) is 18.2 Å². The molecule has 0 saturated carbocycles. The number of nitro groups is 1. The van der Waals surface area contributed by atoms with Crippen LogP contribution in [-0.4, -0.2) is 11.3 Å². The maximum absolute atomic E-state index is 13.1. The second kappa shape index (κ2) is 4.26. The minimum Gasteiger partial charge on any atom is -0.319 e. The van der Waals surface area contributed by atoms with Gasteiger partial charge in [0.15, 0.2) is 0 Å². The third-order valence-electron chi connectivity index (χ3n) is 1.83. The molecule has 0 aliphatic rings. The highest BCUT2D eigenvalue weighted by atomic mass is 19.3. The van der Waals surface area contributed by atoms with E-state index in [9.17, 15) is 23.3 Å². The zero-order valence-electron chi connectivity index (χ0n) is 7.36. The van der Waals surface area contributed by atoms with E-state index in [1.54, 1.807) is 0 Å². The van der Waals surface area contributed by atoms with Crippen LogP contribution in [0.4, 0.5) is 18.9 Å². The van der Waals surface area contributed by atoms with Gasteiger partial charge in [-0.05, 0) is 6.07 Å². The number of alkyl halides is 2. The first kappa shape index (κ1) is 11.4. The first-order valence-electron chi connectivity index (χ1n) is 3.91. The number of benzene rings is 1. The van der Waals surface area contributed by atoms with Crippen molar-refractivity contribution in [2.75, 3.05) is 0 Å². The smallest absolute Gasteiger partial charge is 0.277 e. The Kier molecular flexibility index (Phi) is 3.25. The lowest BCUT2D eigenvalue weighted by molar-refractivity contribution is -0.386. The Balaban J connectivity index is 3.30. The number of nitro benzene ring substituents is 1. The van der Waals surface area contributed by atoms with Gasteiger partial charge in [0.25, 0.3) is 12.1 Å². The minimum absolute atomic E-state index is 0.734. The fraction of sp³-hybridized carbons (Fsp3) is 0.250. The Morgan fingerprint density at radius 2 is 2.00 bits per heavy atom. The Hall–Kier alpha value is -1.63. The van der Waals surface area contributed by atoms with Gasteiger partial charge in [-0.25, -0.2) is 13.2 Å². The van der Waals surface area contributed by atoms with Gasteiger partial charge in [-0.15, -0.1) is 0 Å². The molecule has 1 unspecified atom stereocenters. The predicted octanol–water partition coefficient (Wildman–Crippen LogP) is 2.00. The molecular formula is C8H7F3N2O2. The Labute approximate surface area is 82.7 Å². The molecule has 0 saturated heterocycles. The fourth-order valence-electron chi connectivity index (χ4n) is 1.14. The molecule has 4 nitrogen and oxygen atoms in total. The number of nitrogens with two attached hydrogens (primary N) is 1. The van der Waals surface area contributed by atoms with Gasteiger partial charge in [0.1, 0.15) is 11.9 Å². The van der Waals surface area contributed by atoms with Crippen molar-refractivity contribution in [3.8, 4) is 0 Å². The van der Waals surface area contributed by atoms with Crippen LogP contribution in [0.3, 0.4) is 0 Å². The molecule has 2 N–H and O–H groups in total. The van der Waals surface area contributed by atoms with E-state index in [-0.39, 0.29) is 0 Å². The third-order valence-corrected chi connectivity index (χ3v) is 1.83. The normalized spacial score (nSPS) is 12.9. The summed E-state index contributed by atoms with van der Waals surface area (Å²) in [4.78, 5) is 9.50. The first-order chi connectivity index (χ1) is 6.95. The van der Waals surface area contributed by atoms with Crippen LogP contribution >= 0.6 is 0 Å². The van der Waals surface area contributed by atoms with E-state index < -0.39 is 34.5 Å². The molecular weight excluding hydrogens is 213 g/mol. The summed E-state index contributed by atoms with van der Waals surface area (Å²) in [5.74, 6) is -1.10. The molecule has 1 atom stereocenters. The number of nitrogens with zero attached hydrogens (tertiary/aromatic N) is 1. The monoisotopic (exact) mass is 220 g/mol. The van der Waals surface area contributed by atoms with Gasteiger partial charge in [-0.1, -0.05) is 6.07 Å². The van der Waals surface area contributed by atoms with Crippen LogP contribution in [0.25, 0.3) is 0 Å². The molecule has 0 aliphatic carbocycles. The van der Waals surface area contributed by atoms with Crippen LogP contribution in [0, 0.1) is 15.9 Å². The Bertz CT molecular complexity index is 384.